The standard InChI is InChI=1S/C16H18O3Si/c17-20(18)13-7-12-16(19-20,14-8-3-1-4-9-14)15-10-5-2-6-11-15/h1-6,8-11,17-18H,7,12-13H2. The lowest BCUT2D eigenvalue weighted by atomic mass is 9.83. The van der Waals surface area contributed by atoms with Gasteiger partial charge in [-0.3, -0.25) is 0 Å². The lowest BCUT2D eigenvalue weighted by Gasteiger charge is -2.42. The maximum absolute atomic E-state index is 10.1. The van der Waals surface area contributed by atoms with Crippen molar-refractivity contribution in [1.29, 1.82) is 0 Å². The van der Waals surface area contributed by atoms with Crippen molar-refractivity contribution in [1.82, 2.24) is 0 Å². The van der Waals surface area contributed by atoms with E-state index in [0.29, 0.717) is 6.04 Å². The molecule has 2 aromatic rings. The molecule has 0 bridgehead atoms. The van der Waals surface area contributed by atoms with Crippen molar-refractivity contribution in [3.8, 4) is 0 Å². The molecule has 1 fully saturated rings. The predicted molar refractivity (Wildman–Crippen MR) is 79.0 cm³/mol. The highest BCUT2D eigenvalue weighted by Gasteiger charge is 2.49. The molecule has 3 nitrogen and oxygen atoms in total. The first-order chi connectivity index (χ1) is 9.62. The van der Waals surface area contributed by atoms with Gasteiger partial charge in [0.05, 0.1) is 0 Å². The van der Waals surface area contributed by atoms with Gasteiger partial charge in [0.15, 0.2) is 0 Å². The van der Waals surface area contributed by atoms with Crippen molar-refractivity contribution in [2.24, 2.45) is 0 Å². The van der Waals surface area contributed by atoms with Gasteiger partial charge in [0.1, 0.15) is 5.60 Å². The molecule has 0 aliphatic carbocycles. The van der Waals surface area contributed by atoms with Crippen LogP contribution in [-0.2, 0) is 10.0 Å². The van der Waals surface area contributed by atoms with Crippen molar-refractivity contribution in [3.63, 3.8) is 0 Å². The van der Waals surface area contributed by atoms with Crippen LogP contribution in [0.25, 0.3) is 0 Å². The molecule has 0 atom stereocenters. The van der Waals surface area contributed by atoms with Crippen LogP contribution in [-0.4, -0.2) is 18.4 Å². The topological polar surface area (TPSA) is 49.7 Å². The van der Waals surface area contributed by atoms with E-state index in [1.54, 1.807) is 0 Å². The summed E-state index contributed by atoms with van der Waals surface area (Å²) >= 11 is 0. The second-order valence-electron chi connectivity index (χ2n) is 5.26. The van der Waals surface area contributed by atoms with Gasteiger partial charge in [-0.25, -0.2) is 0 Å². The zero-order valence-electron chi connectivity index (χ0n) is 11.2. The molecule has 4 heteroatoms. The summed E-state index contributed by atoms with van der Waals surface area (Å²) in [5, 5.41) is 0. The summed E-state index contributed by atoms with van der Waals surface area (Å²) < 4.78 is 5.88. The van der Waals surface area contributed by atoms with E-state index < -0.39 is 14.4 Å². The van der Waals surface area contributed by atoms with Crippen molar-refractivity contribution in [3.05, 3.63) is 71.8 Å². The van der Waals surface area contributed by atoms with Crippen LogP contribution in [0, 0.1) is 0 Å². The third-order valence-electron chi connectivity index (χ3n) is 3.85. The van der Waals surface area contributed by atoms with Crippen LogP contribution in [0.2, 0.25) is 6.04 Å². The molecule has 20 heavy (non-hydrogen) atoms. The zero-order chi connectivity index (χ0) is 14.1. The van der Waals surface area contributed by atoms with Gasteiger partial charge in [0.25, 0.3) is 0 Å². The molecule has 0 aromatic heterocycles. The number of hydrogen-bond acceptors (Lipinski definition) is 3. The maximum atomic E-state index is 10.1. The van der Waals surface area contributed by atoms with Crippen molar-refractivity contribution < 1.29 is 14.0 Å². The summed E-state index contributed by atoms with van der Waals surface area (Å²) in [5.74, 6) is 0. The smallest absolute Gasteiger partial charge is 0.390 e. The third-order valence-corrected chi connectivity index (χ3v) is 5.53. The Morgan fingerprint density at radius 1 is 0.850 bits per heavy atom. The van der Waals surface area contributed by atoms with Crippen LogP contribution in [0.5, 0.6) is 0 Å². The molecule has 0 spiro atoms. The molecule has 1 aliphatic heterocycles. The Morgan fingerprint density at radius 3 is 1.80 bits per heavy atom. The molecule has 0 amide bonds. The monoisotopic (exact) mass is 286 g/mol. The fraction of sp³-hybridized carbons (Fsp3) is 0.250. The Kier molecular flexibility index (Phi) is 3.48. The Balaban J connectivity index is 2.13. The first-order valence-corrected chi connectivity index (χ1v) is 8.89. The quantitative estimate of drug-likeness (QED) is 0.835. The van der Waals surface area contributed by atoms with Gasteiger partial charge in [-0.1, -0.05) is 60.7 Å². The average Bonchev–Trinajstić information content (AvgIpc) is 2.48. The normalized spacial score (nSPS) is 20.5. The van der Waals surface area contributed by atoms with Gasteiger partial charge in [-0.15, -0.1) is 0 Å². The number of hydrogen-bond donors (Lipinski definition) is 2. The summed E-state index contributed by atoms with van der Waals surface area (Å²) in [6.45, 7) is 0. The molecule has 0 radical (unpaired) electrons. The molecule has 2 N–H and O–H groups in total. The van der Waals surface area contributed by atoms with Crippen molar-refractivity contribution >= 4 is 8.80 Å². The molecule has 1 aliphatic rings. The Labute approximate surface area is 119 Å². The second-order valence-corrected chi connectivity index (χ2v) is 7.45. The van der Waals surface area contributed by atoms with Crippen molar-refractivity contribution in [2.75, 3.05) is 0 Å². The van der Waals surface area contributed by atoms with E-state index in [1.165, 1.54) is 0 Å². The zero-order valence-corrected chi connectivity index (χ0v) is 12.2. The minimum absolute atomic E-state index is 0.369. The highest BCUT2D eigenvalue weighted by Crippen LogP contribution is 2.44. The van der Waals surface area contributed by atoms with Gasteiger partial charge < -0.3 is 14.0 Å². The Hall–Kier alpha value is -1.46. The van der Waals surface area contributed by atoms with Crippen LogP contribution < -0.4 is 0 Å². The minimum atomic E-state index is -3.59. The SMILES string of the molecule is O[Si]1(O)CCCC(c2ccccc2)(c2ccccc2)O1. The lowest BCUT2D eigenvalue weighted by Crippen LogP contribution is -2.51. The van der Waals surface area contributed by atoms with Gasteiger partial charge in [0.2, 0.25) is 0 Å². The molecule has 1 heterocycles. The van der Waals surface area contributed by atoms with Gasteiger partial charge in [-0.05, 0) is 24.0 Å². The number of rotatable bonds is 2. The summed E-state index contributed by atoms with van der Waals surface area (Å²) in [6.07, 6.45) is 1.51. The molecular formula is C16H18O3Si. The summed E-state index contributed by atoms with van der Waals surface area (Å²) in [4.78, 5) is 20.2. The van der Waals surface area contributed by atoms with Crippen LogP contribution in [0.15, 0.2) is 60.7 Å². The molecule has 3 rings (SSSR count). The molecule has 104 valence electrons. The lowest BCUT2D eigenvalue weighted by molar-refractivity contribution is 0.000584. The van der Waals surface area contributed by atoms with E-state index in [4.69, 9.17) is 4.43 Å². The number of benzene rings is 2. The van der Waals surface area contributed by atoms with Crippen LogP contribution in [0.1, 0.15) is 24.0 Å². The highest BCUT2D eigenvalue weighted by atomic mass is 28.4. The Morgan fingerprint density at radius 2 is 1.35 bits per heavy atom. The minimum Gasteiger partial charge on any atom is -0.390 e. The van der Waals surface area contributed by atoms with E-state index in [0.717, 1.165) is 24.0 Å². The Bertz CT molecular complexity index is 529. The van der Waals surface area contributed by atoms with E-state index in [1.807, 2.05) is 60.7 Å². The van der Waals surface area contributed by atoms with Gasteiger partial charge in [0, 0.05) is 6.04 Å². The van der Waals surface area contributed by atoms with Gasteiger partial charge in [-0.2, -0.15) is 0 Å². The van der Waals surface area contributed by atoms with E-state index in [9.17, 15) is 9.59 Å². The average molecular weight is 286 g/mol. The van der Waals surface area contributed by atoms with Crippen LogP contribution in [0.4, 0.5) is 0 Å². The predicted octanol–water partition coefficient (Wildman–Crippen LogP) is 2.66. The first kappa shape index (κ1) is 13.5. The maximum Gasteiger partial charge on any atom is 0.496 e. The summed E-state index contributed by atoms with van der Waals surface area (Å²) in [6, 6.07) is 20.0. The van der Waals surface area contributed by atoms with Crippen LogP contribution in [0.3, 0.4) is 0 Å². The highest BCUT2D eigenvalue weighted by molar-refractivity contribution is 6.58. The van der Waals surface area contributed by atoms with Gasteiger partial charge >= 0.3 is 8.80 Å². The fourth-order valence-electron chi connectivity index (χ4n) is 2.94. The molecule has 0 unspecified atom stereocenters. The van der Waals surface area contributed by atoms with E-state index in [-0.39, 0.29) is 0 Å². The van der Waals surface area contributed by atoms with Crippen molar-refractivity contribution in [2.45, 2.75) is 24.5 Å². The summed E-state index contributed by atoms with van der Waals surface area (Å²) in [5.41, 5.74) is 1.22. The first-order valence-electron chi connectivity index (χ1n) is 6.88. The van der Waals surface area contributed by atoms with Crippen LogP contribution >= 0.6 is 0 Å². The molecule has 1 saturated heterocycles. The second kappa shape index (κ2) is 5.14. The fourth-order valence-corrected chi connectivity index (χ4v) is 4.57. The van der Waals surface area contributed by atoms with E-state index in [2.05, 4.69) is 0 Å². The molecular weight excluding hydrogens is 268 g/mol. The van der Waals surface area contributed by atoms with E-state index >= 15 is 0 Å². The summed E-state index contributed by atoms with van der Waals surface area (Å²) in [7, 11) is -3.59. The third kappa shape index (κ3) is 2.43. The largest absolute Gasteiger partial charge is 0.496 e. The molecule has 0 saturated carbocycles. The molecule has 2 aromatic carbocycles.